The second-order valence-corrected chi connectivity index (χ2v) is 18.6. The Morgan fingerprint density at radius 2 is 1.12 bits per heavy atom. The van der Waals surface area contributed by atoms with Gasteiger partial charge in [-0.15, -0.1) is 0 Å². The Bertz CT molecular complexity index is 1630. The molecule has 412 valence electrons. The summed E-state index contributed by atoms with van der Waals surface area (Å²) in [5, 5.41) is 20.3. The molecule has 4 amide bonds. The molecule has 0 unspecified atom stereocenters. The zero-order chi connectivity index (χ0) is 52.9. The minimum Gasteiger partial charge on any atom is -0.481 e. The molecule has 20 nitrogen and oxygen atoms in total. The second kappa shape index (κ2) is 45.0. The number of carboxylic acid groups (broad SMARTS) is 1. The lowest BCUT2D eigenvalue weighted by molar-refractivity contribution is -0.144. The van der Waals surface area contributed by atoms with Gasteiger partial charge in [0.1, 0.15) is 24.8 Å². The largest absolute Gasteiger partial charge is 0.481 e. The first kappa shape index (κ1) is 65.4. The van der Waals surface area contributed by atoms with Gasteiger partial charge in [-0.1, -0.05) is 103 Å². The lowest BCUT2D eigenvalue weighted by atomic mass is 9.91. The summed E-state index contributed by atoms with van der Waals surface area (Å²) in [7, 11) is 0. The number of H-pyrrole nitrogens is 1. The first-order valence-corrected chi connectivity index (χ1v) is 26.7. The molecule has 0 spiro atoms. The topological polar surface area (TPSA) is 297 Å². The van der Waals surface area contributed by atoms with Crippen molar-refractivity contribution in [2.45, 2.75) is 174 Å². The number of carbonyl (C=O) groups is 8. The van der Waals surface area contributed by atoms with Crippen molar-refractivity contribution in [3.63, 3.8) is 0 Å². The standard InChI is InChI=1S/C52H91N7O13/c1-3-4-5-6-7-8-9-10-11-12-13-14-15-16-17-21-45(61)33-43(52(67)68)22-23-48(63)56-25-27-69-29-32-72-39-50(65)57-26-28-70-30-31-71-38-49(64)55-24-19-18-20-42(51(66)58-36-41(2)60)34-47(62)46(53)35-44-37-54-40-59-44/h37,40,42-43,46H,3-36,38-39,53H2,1-2H3,(H,54,59)(H,55,64)(H,56,63)(H,57,65)(H,58,66)(H,67,68)/t42-,43-,46+/m1/s1. The van der Waals surface area contributed by atoms with E-state index in [0.29, 0.717) is 37.9 Å². The number of ketones is 3. The maximum Gasteiger partial charge on any atom is 0.306 e. The average Bonchev–Trinajstić information content (AvgIpc) is 3.87. The summed E-state index contributed by atoms with van der Waals surface area (Å²) < 4.78 is 21.5. The molecule has 1 rings (SSSR count). The average molecular weight is 1020 g/mol. The number of imidazole rings is 1. The van der Waals surface area contributed by atoms with Crippen LogP contribution < -0.4 is 27.0 Å². The van der Waals surface area contributed by atoms with E-state index in [-0.39, 0.29) is 140 Å². The number of nitrogens with one attached hydrogen (secondary N) is 5. The van der Waals surface area contributed by atoms with Crippen LogP contribution in [0.15, 0.2) is 12.5 Å². The fourth-order valence-corrected chi connectivity index (χ4v) is 7.74. The fourth-order valence-electron chi connectivity index (χ4n) is 7.74. The van der Waals surface area contributed by atoms with E-state index >= 15 is 0 Å². The zero-order valence-electron chi connectivity index (χ0n) is 43.7. The number of amides is 4. The number of rotatable bonds is 51. The van der Waals surface area contributed by atoms with E-state index in [0.717, 1.165) is 19.3 Å². The number of aliphatic carboxylic acids is 1. The van der Waals surface area contributed by atoms with E-state index in [4.69, 9.17) is 24.7 Å². The lowest BCUT2D eigenvalue weighted by Gasteiger charge is -2.18. The molecule has 0 aromatic carbocycles. The third kappa shape index (κ3) is 39.0. The fraction of sp³-hybridized carbons (Fsp3) is 0.788. The van der Waals surface area contributed by atoms with Gasteiger partial charge in [0, 0.05) is 69.5 Å². The highest BCUT2D eigenvalue weighted by Gasteiger charge is 2.26. The van der Waals surface area contributed by atoms with E-state index in [1.807, 2.05) is 0 Å². The van der Waals surface area contributed by atoms with E-state index < -0.39 is 29.8 Å². The summed E-state index contributed by atoms with van der Waals surface area (Å²) in [4.78, 5) is 104. The van der Waals surface area contributed by atoms with Gasteiger partial charge in [-0.25, -0.2) is 4.98 Å². The molecule has 0 aliphatic heterocycles. The molecular weight excluding hydrogens is 931 g/mol. The van der Waals surface area contributed by atoms with E-state index in [1.165, 1.54) is 90.3 Å². The molecule has 0 fully saturated rings. The molecule has 1 aromatic rings. The Morgan fingerprint density at radius 3 is 1.65 bits per heavy atom. The quantitative estimate of drug-likeness (QED) is 0.0430. The summed E-state index contributed by atoms with van der Waals surface area (Å²) in [6, 6.07) is -0.808. The number of nitrogens with zero attached hydrogens (tertiary/aromatic N) is 1. The van der Waals surface area contributed by atoms with Crippen molar-refractivity contribution in [2.75, 3.05) is 79.0 Å². The van der Waals surface area contributed by atoms with Gasteiger partial charge in [-0.05, 0) is 32.6 Å². The van der Waals surface area contributed by atoms with Gasteiger partial charge < -0.3 is 56.0 Å². The van der Waals surface area contributed by atoms with Crippen LogP contribution in [0.2, 0.25) is 0 Å². The highest BCUT2D eigenvalue weighted by atomic mass is 16.5. The van der Waals surface area contributed by atoms with E-state index in [9.17, 15) is 43.5 Å². The predicted octanol–water partition coefficient (Wildman–Crippen LogP) is 4.85. The van der Waals surface area contributed by atoms with Crippen molar-refractivity contribution in [1.82, 2.24) is 31.2 Å². The summed E-state index contributed by atoms with van der Waals surface area (Å²) in [6.45, 7) is 5.09. The van der Waals surface area contributed by atoms with Crippen LogP contribution in [0.25, 0.3) is 0 Å². The van der Waals surface area contributed by atoms with Gasteiger partial charge >= 0.3 is 5.97 Å². The molecule has 0 aliphatic carbocycles. The Kier molecular flexibility index (Phi) is 40.9. The molecule has 0 bridgehead atoms. The van der Waals surface area contributed by atoms with Gasteiger partial charge in [0.15, 0.2) is 5.78 Å². The number of unbranched alkanes of at least 4 members (excludes halogenated alkanes) is 15. The molecule has 72 heavy (non-hydrogen) atoms. The highest BCUT2D eigenvalue weighted by molar-refractivity contribution is 5.91. The number of aromatic amines is 1. The number of Topliss-reactive ketones (excluding diaryl/α,β-unsaturated/α-hetero) is 3. The molecule has 0 saturated heterocycles. The zero-order valence-corrected chi connectivity index (χ0v) is 43.7. The van der Waals surface area contributed by atoms with Crippen LogP contribution in [-0.4, -0.2) is 147 Å². The minimum atomic E-state index is -1.07. The van der Waals surface area contributed by atoms with Crippen molar-refractivity contribution in [1.29, 1.82) is 0 Å². The number of ether oxygens (including phenoxy) is 4. The van der Waals surface area contributed by atoms with Crippen molar-refractivity contribution in [2.24, 2.45) is 17.6 Å². The number of carbonyl (C=O) groups excluding carboxylic acids is 7. The third-order valence-corrected chi connectivity index (χ3v) is 12.0. The molecule has 0 saturated carbocycles. The number of hydrogen-bond donors (Lipinski definition) is 7. The Morgan fingerprint density at radius 1 is 0.597 bits per heavy atom. The summed E-state index contributed by atoms with van der Waals surface area (Å²) in [6.07, 6.45) is 23.8. The number of aromatic nitrogens is 2. The first-order chi connectivity index (χ1) is 34.8. The molecule has 3 atom stereocenters. The third-order valence-electron chi connectivity index (χ3n) is 12.0. The lowest BCUT2D eigenvalue weighted by Crippen LogP contribution is -2.39. The molecule has 20 heteroatoms. The van der Waals surface area contributed by atoms with Gasteiger partial charge in [0.25, 0.3) is 0 Å². The Labute approximate surface area is 428 Å². The van der Waals surface area contributed by atoms with Crippen LogP contribution in [-0.2, 0) is 63.7 Å². The van der Waals surface area contributed by atoms with Gasteiger partial charge in [-0.2, -0.15) is 0 Å². The Balaban J connectivity index is 2.00. The van der Waals surface area contributed by atoms with Crippen LogP contribution in [0.5, 0.6) is 0 Å². The monoisotopic (exact) mass is 1020 g/mol. The highest BCUT2D eigenvalue weighted by Crippen LogP contribution is 2.18. The van der Waals surface area contributed by atoms with Crippen molar-refractivity contribution < 1.29 is 62.4 Å². The normalized spacial score (nSPS) is 12.4. The van der Waals surface area contributed by atoms with Crippen LogP contribution in [0.3, 0.4) is 0 Å². The predicted molar refractivity (Wildman–Crippen MR) is 273 cm³/mol. The molecule has 1 aromatic heterocycles. The molecule has 8 N–H and O–H groups in total. The maximum atomic E-state index is 12.8. The second-order valence-electron chi connectivity index (χ2n) is 18.6. The van der Waals surface area contributed by atoms with Crippen LogP contribution >= 0.6 is 0 Å². The van der Waals surface area contributed by atoms with Crippen LogP contribution in [0.1, 0.15) is 167 Å². The van der Waals surface area contributed by atoms with Gasteiger partial charge in [-0.3, -0.25) is 38.4 Å². The minimum absolute atomic E-state index is 0.000754. The van der Waals surface area contributed by atoms with Crippen molar-refractivity contribution in [3.8, 4) is 0 Å². The smallest absolute Gasteiger partial charge is 0.306 e. The number of nitrogens with two attached hydrogens (primary N) is 1. The maximum absolute atomic E-state index is 12.8. The SMILES string of the molecule is CCCCCCCCCCCCCCCCCC(=O)C[C@@H](CCC(=O)NCCOCCOCC(=O)NCCOCCOCC(=O)NCCCC[C@H](CC(=O)[C@@H](N)Cc1cnc[nH]1)C(=O)NCC(C)=O)C(=O)O. The van der Waals surface area contributed by atoms with E-state index in [2.05, 4.69) is 38.2 Å². The summed E-state index contributed by atoms with van der Waals surface area (Å²) in [5.74, 6) is -4.52. The molecule has 0 aliphatic rings. The Hall–Kier alpha value is -4.63. The van der Waals surface area contributed by atoms with Crippen molar-refractivity contribution in [3.05, 3.63) is 18.2 Å². The van der Waals surface area contributed by atoms with Crippen molar-refractivity contribution >= 4 is 46.9 Å². The molecule has 1 heterocycles. The van der Waals surface area contributed by atoms with Crippen LogP contribution in [0.4, 0.5) is 0 Å². The first-order valence-electron chi connectivity index (χ1n) is 26.7. The number of carboxylic acids is 1. The summed E-state index contributed by atoms with van der Waals surface area (Å²) >= 11 is 0. The van der Waals surface area contributed by atoms with Crippen LogP contribution in [0, 0.1) is 11.8 Å². The summed E-state index contributed by atoms with van der Waals surface area (Å²) in [5.41, 5.74) is 6.78. The van der Waals surface area contributed by atoms with E-state index in [1.54, 1.807) is 6.20 Å². The molecular formula is C52H91N7O13. The molecule has 0 radical (unpaired) electrons. The van der Waals surface area contributed by atoms with Gasteiger partial charge in [0.05, 0.1) is 64.5 Å². The number of hydrogen-bond acceptors (Lipinski definition) is 14. The van der Waals surface area contributed by atoms with Gasteiger partial charge in [0.2, 0.25) is 23.6 Å².